The Kier molecular flexibility index (Phi) is 2.02. The van der Waals surface area contributed by atoms with E-state index in [1.54, 1.807) is 0 Å². The van der Waals surface area contributed by atoms with E-state index in [1.807, 2.05) is 0 Å². The molecule has 0 aliphatic heterocycles. The van der Waals surface area contributed by atoms with Crippen LogP contribution >= 0.6 is 11.6 Å². The van der Waals surface area contributed by atoms with Gasteiger partial charge < -0.3 is 0 Å². The second-order valence-electron chi connectivity index (χ2n) is 1.71. The fourth-order valence-electron chi connectivity index (χ4n) is 0.576. The van der Waals surface area contributed by atoms with Crippen LogP contribution in [0.4, 0.5) is 4.39 Å². The third kappa shape index (κ3) is 1.33. The molecule has 0 saturated heterocycles. The Balaban J connectivity index is 3.21. The Morgan fingerprint density at radius 3 is 2.80 bits per heavy atom. The van der Waals surface area contributed by atoms with Crippen molar-refractivity contribution in [3.05, 3.63) is 35.4 Å². The Labute approximate surface area is 63.2 Å². The predicted molar refractivity (Wildman–Crippen MR) is 39.3 cm³/mol. The smallest absolute Gasteiger partial charge is 0.213 e. The minimum atomic E-state index is -0.542. The average molecular weight is 158 g/mol. The van der Waals surface area contributed by atoms with Gasteiger partial charge in [-0.1, -0.05) is 18.2 Å². The number of aromatic nitrogens is 1. The van der Waals surface area contributed by atoms with Gasteiger partial charge >= 0.3 is 0 Å². The first kappa shape index (κ1) is 7.22. The maximum atomic E-state index is 12.3. The average Bonchev–Trinajstić information content (AvgIpc) is 1.94. The number of pyridine rings is 1. The van der Waals surface area contributed by atoms with Crippen molar-refractivity contribution in [2.24, 2.45) is 0 Å². The topological polar surface area (TPSA) is 12.9 Å². The molecule has 0 radical (unpaired) electrons. The maximum Gasteiger partial charge on any atom is 0.213 e. The van der Waals surface area contributed by atoms with Gasteiger partial charge in [0.2, 0.25) is 5.95 Å². The zero-order chi connectivity index (χ0) is 7.56. The molecule has 3 heteroatoms. The molecule has 0 aliphatic rings. The Morgan fingerprint density at radius 2 is 2.30 bits per heavy atom. The van der Waals surface area contributed by atoms with Crippen LogP contribution in [0.15, 0.2) is 18.7 Å². The van der Waals surface area contributed by atoms with Gasteiger partial charge in [-0.2, -0.15) is 4.39 Å². The minimum Gasteiger partial charge on any atom is -0.219 e. The fourth-order valence-corrected chi connectivity index (χ4v) is 0.759. The summed E-state index contributed by atoms with van der Waals surface area (Å²) in [5.41, 5.74) is 0.377. The molecule has 10 heavy (non-hydrogen) atoms. The third-order valence-corrected chi connectivity index (χ3v) is 1.35. The quantitative estimate of drug-likeness (QED) is 0.571. The summed E-state index contributed by atoms with van der Waals surface area (Å²) < 4.78 is 12.3. The standard InChI is InChI=1S/C7H5ClFN/c1-2-6-5(8)3-4-7(9)10-6/h2-4H,1H2. The Hall–Kier alpha value is -0.890. The fraction of sp³-hybridized carbons (Fsp3) is 0. The molecule has 1 aromatic heterocycles. The molecule has 0 saturated carbocycles. The lowest BCUT2D eigenvalue weighted by molar-refractivity contribution is 0.583. The van der Waals surface area contributed by atoms with Crippen molar-refractivity contribution in [1.82, 2.24) is 4.98 Å². The predicted octanol–water partition coefficient (Wildman–Crippen LogP) is 2.52. The molecule has 0 bridgehead atoms. The molecule has 1 rings (SSSR count). The zero-order valence-corrected chi connectivity index (χ0v) is 5.90. The highest BCUT2D eigenvalue weighted by Crippen LogP contribution is 2.13. The van der Waals surface area contributed by atoms with Gasteiger partial charge in [0.15, 0.2) is 0 Å². The second-order valence-corrected chi connectivity index (χ2v) is 2.11. The lowest BCUT2D eigenvalue weighted by atomic mass is 10.3. The van der Waals surface area contributed by atoms with Crippen molar-refractivity contribution in [2.75, 3.05) is 0 Å². The van der Waals surface area contributed by atoms with E-state index in [-0.39, 0.29) is 0 Å². The highest BCUT2D eigenvalue weighted by atomic mass is 35.5. The van der Waals surface area contributed by atoms with E-state index >= 15 is 0 Å². The van der Waals surface area contributed by atoms with E-state index in [0.29, 0.717) is 10.7 Å². The summed E-state index contributed by atoms with van der Waals surface area (Å²) in [6, 6.07) is 2.65. The van der Waals surface area contributed by atoms with Crippen LogP contribution < -0.4 is 0 Å². The van der Waals surface area contributed by atoms with E-state index in [1.165, 1.54) is 18.2 Å². The van der Waals surface area contributed by atoms with E-state index in [4.69, 9.17) is 11.6 Å². The molecule has 0 aromatic carbocycles. The Morgan fingerprint density at radius 1 is 1.60 bits per heavy atom. The molecule has 1 nitrogen and oxygen atoms in total. The zero-order valence-electron chi connectivity index (χ0n) is 5.14. The molecule has 0 atom stereocenters. The molecule has 0 aliphatic carbocycles. The molecule has 1 heterocycles. The molecule has 0 spiro atoms. The summed E-state index contributed by atoms with van der Waals surface area (Å²) in [5.74, 6) is -0.542. The second kappa shape index (κ2) is 2.80. The van der Waals surface area contributed by atoms with Gasteiger partial charge in [0, 0.05) is 0 Å². The summed E-state index contributed by atoms with van der Waals surface area (Å²) in [4.78, 5) is 3.47. The van der Waals surface area contributed by atoms with Crippen LogP contribution in [0.3, 0.4) is 0 Å². The lowest BCUT2D eigenvalue weighted by Gasteiger charge is -1.94. The van der Waals surface area contributed by atoms with E-state index in [0.717, 1.165) is 0 Å². The van der Waals surface area contributed by atoms with Gasteiger partial charge in [-0.3, -0.25) is 0 Å². The molecule has 52 valence electrons. The summed E-state index contributed by atoms with van der Waals surface area (Å²) in [6.07, 6.45) is 1.41. The molecule has 0 amide bonds. The van der Waals surface area contributed by atoms with Crippen molar-refractivity contribution < 1.29 is 4.39 Å². The van der Waals surface area contributed by atoms with Crippen molar-refractivity contribution in [1.29, 1.82) is 0 Å². The van der Waals surface area contributed by atoms with E-state index in [9.17, 15) is 4.39 Å². The summed E-state index contributed by atoms with van der Waals surface area (Å²) in [7, 11) is 0. The highest BCUT2D eigenvalue weighted by Gasteiger charge is 1.97. The van der Waals surface area contributed by atoms with Gasteiger partial charge in [-0.15, -0.1) is 0 Å². The number of nitrogens with zero attached hydrogens (tertiary/aromatic N) is 1. The van der Waals surface area contributed by atoms with Crippen LogP contribution in [0.1, 0.15) is 5.69 Å². The molecule has 1 aromatic rings. The van der Waals surface area contributed by atoms with Crippen LogP contribution in [0.2, 0.25) is 5.02 Å². The highest BCUT2D eigenvalue weighted by molar-refractivity contribution is 6.31. The lowest BCUT2D eigenvalue weighted by Crippen LogP contribution is -1.85. The molecule has 0 N–H and O–H groups in total. The van der Waals surface area contributed by atoms with Gasteiger partial charge in [0.1, 0.15) is 0 Å². The van der Waals surface area contributed by atoms with Crippen molar-refractivity contribution in [3.63, 3.8) is 0 Å². The Bertz CT molecular complexity index is 260. The van der Waals surface area contributed by atoms with Gasteiger partial charge in [0.05, 0.1) is 10.7 Å². The molecule has 0 fully saturated rings. The molecular formula is C7H5ClFN. The SMILES string of the molecule is C=Cc1nc(F)ccc1Cl. The number of halogens is 2. The normalized spacial score (nSPS) is 9.40. The third-order valence-electron chi connectivity index (χ3n) is 1.03. The minimum absolute atomic E-state index is 0.377. The van der Waals surface area contributed by atoms with Gasteiger partial charge in [0.25, 0.3) is 0 Å². The summed E-state index contributed by atoms with van der Waals surface area (Å²) in [5, 5.41) is 0.413. The van der Waals surface area contributed by atoms with Crippen LogP contribution in [-0.4, -0.2) is 4.98 Å². The summed E-state index contributed by atoms with van der Waals surface area (Å²) in [6.45, 7) is 3.42. The molecule has 0 unspecified atom stereocenters. The first-order chi connectivity index (χ1) is 4.74. The van der Waals surface area contributed by atoms with Crippen molar-refractivity contribution >= 4 is 17.7 Å². The molecular weight excluding hydrogens is 153 g/mol. The van der Waals surface area contributed by atoms with Crippen LogP contribution in [0.25, 0.3) is 6.08 Å². The number of rotatable bonds is 1. The monoisotopic (exact) mass is 157 g/mol. The van der Waals surface area contributed by atoms with Crippen LogP contribution in [-0.2, 0) is 0 Å². The number of hydrogen-bond acceptors (Lipinski definition) is 1. The van der Waals surface area contributed by atoms with Gasteiger partial charge in [-0.05, 0) is 18.2 Å². The maximum absolute atomic E-state index is 12.3. The largest absolute Gasteiger partial charge is 0.219 e. The van der Waals surface area contributed by atoms with Crippen LogP contribution in [0.5, 0.6) is 0 Å². The van der Waals surface area contributed by atoms with Gasteiger partial charge in [-0.25, -0.2) is 4.98 Å². The van der Waals surface area contributed by atoms with Crippen molar-refractivity contribution in [2.45, 2.75) is 0 Å². The van der Waals surface area contributed by atoms with E-state index in [2.05, 4.69) is 11.6 Å². The van der Waals surface area contributed by atoms with E-state index < -0.39 is 5.95 Å². The first-order valence-electron chi connectivity index (χ1n) is 2.68. The van der Waals surface area contributed by atoms with Crippen LogP contribution in [0, 0.1) is 5.95 Å². The van der Waals surface area contributed by atoms with Crippen molar-refractivity contribution in [3.8, 4) is 0 Å². The first-order valence-corrected chi connectivity index (χ1v) is 3.06. The summed E-state index contributed by atoms with van der Waals surface area (Å²) >= 11 is 5.60. The number of hydrogen-bond donors (Lipinski definition) is 0.